The van der Waals surface area contributed by atoms with Crippen LogP contribution in [0.25, 0.3) is 0 Å². The molecule has 0 spiro atoms. The van der Waals surface area contributed by atoms with Gasteiger partial charge in [0.1, 0.15) is 5.75 Å². The predicted molar refractivity (Wildman–Crippen MR) is 131 cm³/mol. The Labute approximate surface area is 206 Å². The highest BCUT2D eigenvalue weighted by Gasteiger charge is 2.35. The molecule has 2 N–H and O–H groups in total. The van der Waals surface area contributed by atoms with Crippen LogP contribution in [0.2, 0.25) is 10.0 Å². The number of anilines is 1. The molecule has 2 saturated heterocycles. The molecule has 0 saturated carbocycles. The molecule has 0 aliphatic carbocycles. The van der Waals surface area contributed by atoms with E-state index < -0.39 is 0 Å². The van der Waals surface area contributed by atoms with Gasteiger partial charge in [-0.2, -0.15) is 0 Å². The van der Waals surface area contributed by atoms with Crippen LogP contribution in [-0.4, -0.2) is 100 Å². The molecular weight excluding hydrogens is 556 g/mol. The predicted octanol–water partition coefficient (Wildman–Crippen LogP) is 2.30. The molecule has 1 aromatic carbocycles. The number of phenols is 1. The number of nitrogens with zero attached hydrogens (tertiary/aromatic N) is 4. The molecule has 2 heterocycles. The molecule has 0 radical (unpaired) electrons. The SMILES string of the molecule is CN(I)C/C=C/C(=O)N1CC(N2CCN(C(=O)CNc3cc(Cl)c(Cl)cc3O)CC2)C1. The molecule has 1 aromatic rings. The second-order valence-corrected chi connectivity index (χ2v) is 10.1. The van der Waals surface area contributed by atoms with Crippen LogP contribution >= 0.6 is 46.1 Å². The second kappa shape index (κ2) is 11.0. The lowest BCUT2D eigenvalue weighted by molar-refractivity contribution is -0.135. The van der Waals surface area contributed by atoms with Crippen molar-refractivity contribution < 1.29 is 14.7 Å². The standard InChI is InChI=1S/C20H26Cl2IN5O3/c1-25(23)4-2-3-19(30)28-12-14(13-28)26-5-7-27(8-6-26)20(31)11-24-17-9-15(21)16(22)10-18(17)29/h2-3,9-10,14,24,29H,4-8,11-13H2,1H3/b3-2+. The van der Waals surface area contributed by atoms with Crippen molar-refractivity contribution in [1.29, 1.82) is 0 Å². The van der Waals surface area contributed by atoms with Crippen LogP contribution in [0.15, 0.2) is 24.3 Å². The van der Waals surface area contributed by atoms with Gasteiger partial charge in [0.15, 0.2) is 0 Å². The number of carbonyl (C=O) groups excluding carboxylic acids is 2. The summed E-state index contributed by atoms with van der Waals surface area (Å²) in [5.41, 5.74) is 0.375. The molecule has 8 nitrogen and oxygen atoms in total. The monoisotopic (exact) mass is 581 g/mol. The van der Waals surface area contributed by atoms with Gasteiger partial charge < -0.3 is 20.2 Å². The number of nitrogens with one attached hydrogen (secondary N) is 1. The van der Waals surface area contributed by atoms with E-state index in [-0.39, 0.29) is 29.1 Å². The topological polar surface area (TPSA) is 79.4 Å². The van der Waals surface area contributed by atoms with Gasteiger partial charge in [0, 0.05) is 86.9 Å². The zero-order chi connectivity index (χ0) is 22.5. The first-order valence-electron chi connectivity index (χ1n) is 10.0. The maximum Gasteiger partial charge on any atom is 0.246 e. The van der Waals surface area contributed by atoms with E-state index in [4.69, 9.17) is 23.2 Å². The molecule has 31 heavy (non-hydrogen) atoms. The minimum Gasteiger partial charge on any atom is -0.506 e. The number of rotatable bonds is 7. The summed E-state index contributed by atoms with van der Waals surface area (Å²) in [6, 6.07) is 3.21. The van der Waals surface area contributed by atoms with Crippen molar-refractivity contribution >= 4 is 63.6 Å². The van der Waals surface area contributed by atoms with Gasteiger partial charge in [0.2, 0.25) is 11.8 Å². The Morgan fingerprint density at radius 1 is 1.19 bits per heavy atom. The fourth-order valence-electron chi connectivity index (χ4n) is 3.57. The quantitative estimate of drug-likeness (QED) is 0.223. The first kappa shape index (κ1) is 24.4. The number of piperazine rings is 1. The average Bonchev–Trinajstić information content (AvgIpc) is 2.68. The Kier molecular flexibility index (Phi) is 8.68. The van der Waals surface area contributed by atoms with Crippen molar-refractivity contribution in [3.05, 3.63) is 34.3 Å². The third-order valence-electron chi connectivity index (χ3n) is 5.44. The molecule has 2 aliphatic rings. The number of likely N-dealkylation sites (N-methyl/N-ethyl adjacent to an activating group) is 1. The molecule has 170 valence electrons. The molecular formula is C20H26Cl2IN5O3. The van der Waals surface area contributed by atoms with Crippen LogP contribution in [0.5, 0.6) is 5.75 Å². The zero-order valence-electron chi connectivity index (χ0n) is 17.2. The number of phenolic OH excluding ortho intramolecular Hbond substituents is 1. The van der Waals surface area contributed by atoms with Crippen LogP contribution in [0.4, 0.5) is 5.69 Å². The minimum absolute atomic E-state index is 0.0408. The van der Waals surface area contributed by atoms with Crippen LogP contribution in [-0.2, 0) is 9.59 Å². The molecule has 0 aromatic heterocycles. The summed E-state index contributed by atoms with van der Waals surface area (Å²) < 4.78 is 1.98. The number of likely N-dealkylation sites (tertiary alicyclic amines) is 1. The molecule has 2 fully saturated rings. The van der Waals surface area contributed by atoms with E-state index in [0.29, 0.717) is 29.8 Å². The fraction of sp³-hybridized carbons (Fsp3) is 0.500. The Morgan fingerprint density at radius 2 is 1.84 bits per heavy atom. The summed E-state index contributed by atoms with van der Waals surface area (Å²) in [4.78, 5) is 30.7. The number of carbonyl (C=O) groups is 2. The van der Waals surface area contributed by atoms with E-state index in [1.807, 2.05) is 26.0 Å². The number of hydrogen-bond donors (Lipinski definition) is 2. The number of amides is 2. The minimum atomic E-state index is -0.0488. The smallest absolute Gasteiger partial charge is 0.246 e. The van der Waals surface area contributed by atoms with Crippen molar-refractivity contribution in [1.82, 2.24) is 17.8 Å². The lowest BCUT2D eigenvalue weighted by atomic mass is 10.1. The van der Waals surface area contributed by atoms with Gasteiger partial charge in [-0.25, -0.2) is 3.11 Å². The highest BCUT2D eigenvalue weighted by Crippen LogP contribution is 2.33. The second-order valence-electron chi connectivity index (χ2n) is 7.64. The van der Waals surface area contributed by atoms with Gasteiger partial charge in [0.05, 0.1) is 22.3 Å². The Bertz CT molecular complexity index is 840. The average molecular weight is 582 g/mol. The number of benzene rings is 1. The summed E-state index contributed by atoms with van der Waals surface area (Å²) in [5, 5.41) is 13.4. The maximum absolute atomic E-state index is 12.5. The highest BCUT2D eigenvalue weighted by molar-refractivity contribution is 14.1. The van der Waals surface area contributed by atoms with Crippen molar-refractivity contribution in [3.63, 3.8) is 0 Å². The molecule has 0 atom stereocenters. The van der Waals surface area contributed by atoms with Crippen LogP contribution in [0, 0.1) is 0 Å². The Morgan fingerprint density at radius 3 is 2.48 bits per heavy atom. The molecule has 0 unspecified atom stereocenters. The largest absolute Gasteiger partial charge is 0.506 e. The normalized spacial score (nSPS) is 18.0. The van der Waals surface area contributed by atoms with Gasteiger partial charge in [-0.3, -0.25) is 14.5 Å². The lowest BCUT2D eigenvalue weighted by Gasteiger charge is -2.47. The van der Waals surface area contributed by atoms with Gasteiger partial charge in [0.25, 0.3) is 0 Å². The summed E-state index contributed by atoms with van der Waals surface area (Å²) in [7, 11) is 1.95. The maximum atomic E-state index is 12.5. The summed E-state index contributed by atoms with van der Waals surface area (Å²) in [6.45, 7) is 5.11. The first-order chi connectivity index (χ1) is 14.7. The molecule has 2 amide bonds. The molecule has 0 bridgehead atoms. The van der Waals surface area contributed by atoms with Crippen LogP contribution in [0.1, 0.15) is 0 Å². The van der Waals surface area contributed by atoms with Gasteiger partial charge in [-0.1, -0.05) is 29.3 Å². The summed E-state index contributed by atoms with van der Waals surface area (Å²) in [6.07, 6.45) is 3.51. The molecule has 3 rings (SSSR count). The summed E-state index contributed by atoms with van der Waals surface area (Å²) in [5.74, 6) is -0.0342. The van der Waals surface area contributed by atoms with Crippen molar-refractivity contribution in [2.75, 3.05) is 64.7 Å². The van der Waals surface area contributed by atoms with Crippen LogP contribution < -0.4 is 5.32 Å². The summed E-state index contributed by atoms with van der Waals surface area (Å²) >= 11 is 14.0. The van der Waals surface area contributed by atoms with E-state index in [1.54, 1.807) is 6.08 Å². The lowest BCUT2D eigenvalue weighted by Crippen LogP contribution is -2.64. The zero-order valence-corrected chi connectivity index (χ0v) is 20.9. The van der Waals surface area contributed by atoms with Crippen molar-refractivity contribution in [3.8, 4) is 5.75 Å². The van der Waals surface area contributed by atoms with Crippen molar-refractivity contribution in [2.24, 2.45) is 0 Å². The van der Waals surface area contributed by atoms with Crippen LogP contribution in [0.3, 0.4) is 0 Å². The Balaban J connectivity index is 1.38. The van der Waals surface area contributed by atoms with Gasteiger partial charge in [-0.15, -0.1) is 0 Å². The van der Waals surface area contributed by atoms with Crippen molar-refractivity contribution in [2.45, 2.75) is 6.04 Å². The van der Waals surface area contributed by atoms with E-state index in [2.05, 4.69) is 33.1 Å². The number of hydrogen-bond acceptors (Lipinski definition) is 6. The molecule has 11 heteroatoms. The van der Waals surface area contributed by atoms with E-state index in [1.165, 1.54) is 12.1 Å². The van der Waals surface area contributed by atoms with E-state index in [0.717, 1.165) is 32.7 Å². The fourth-order valence-corrected chi connectivity index (χ4v) is 4.12. The number of aromatic hydroxyl groups is 1. The number of halogens is 3. The van der Waals surface area contributed by atoms with Gasteiger partial charge >= 0.3 is 0 Å². The third kappa shape index (κ3) is 6.61. The first-order valence-corrected chi connectivity index (χ1v) is 11.7. The van der Waals surface area contributed by atoms with E-state index in [9.17, 15) is 14.7 Å². The van der Waals surface area contributed by atoms with E-state index >= 15 is 0 Å². The molecule has 2 aliphatic heterocycles. The third-order valence-corrected chi connectivity index (χ3v) is 6.56. The highest BCUT2D eigenvalue weighted by atomic mass is 127. The Hall–Kier alpha value is -1.27. The van der Waals surface area contributed by atoms with Gasteiger partial charge in [-0.05, 0) is 13.1 Å².